The van der Waals surface area contributed by atoms with Gasteiger partial charge in [0.1, 0.15) is 5.69 Å². The van der Waals surface area contributed by atoms with Crippen LogP contribution in [0, 0.1) is 0 Å². The van der Waals surface area contributed by atoms with E-state index in [1.165, 1.54) is 6.21 Å². The van der Waals surface area contributed by atoms with E-state index in [0.717, 1.165) is 5.56 Å². The summed E-state index contributed by atoms with van der Waals surface area (Å²) in [6.07, 6.45) is 6.90. The van der Waals surface area contributed by atoms with E-state index in [1.807, 2.05) is 36.4 Å². The Bertz CT molecular complexity index is 542. The first-order chi connectivity index (χ1) is 8.86. The Hall–Kier alpha value is -2.62. The fraction of sp³-hybridized carbons (Fsp3) is 0. The van der Waals surface area contributed by atoms with Gasteiger partial charge in [-0.1, -0.05) is 36.4 Å². The van der Waals surface area contributed by atoms with E-state index < -0.39 is 0 Å². The zero-order chi connectivity index (χ0) is 12.6. The second-order valence-corrected chi connectivity index (χ2v) is 3.57. The lowest BCUT2D eigenvalue weighted by molar-refractivity contribution is 0.0951. The van der Waals surface area contributed by atoms with Crippen LogP contribution in [0.15, 0.2) is 59.8 Å². The fourth-order valence-electron chi connectivity index (χ4n) is 1.39. The van der Waals surface area contributed by atoms with Crippen molar-refractivity contribution in [1.29, 1.82) is 0 Å². The highest BCUT2D eigenvalue weighted by Gasteiger charge is 2.02. The van der Waals surface area contributed by atoms with Gasteiger partial charge >= 0.3 is 0 Å². The Morgan fingerprint density at radius 1 is 1.17 bits per heavy atom. The summed E-state index contributed by atoms with van der Waals surface area (Å²) in [4.78, 5) is 14.3. The summed E-state index contributed by atoms with van der Waals surface area (Å²) in [7, 11) is 0. The van der Waals surface area contributed by atoms with Crippen LogP contribution in [0.4, 0.5) is 0 Å². The minimum absolute atomic E-state index is 0.260. The maximum atomic E-state index is 11.5. The number of carbonyl (C=O) groups excluding carboxylic acids is 1. The molecule has 4 nitrogen and oxygen atoms in total. The van der Waals surface area contributed by atoms with Crippen molar-refractivity contribution in [2.24, 2.45) is 5.10 Å². The summed E-state index contributed by atoms with van der Waals surface area (Å²) in [5.74, 6) is -0.260. The molecule has 0 unspecified atom stereocenters. The second-order valence-electron chi connectivity index (χ2n) is 3.57. The lowest BCUT2D eigenvalue weighted by Gasteiger charge is -1.94. The van der Waals surface area contributed by atoms with Crippen LogP contribution in [0.2, 0.25) is 0 Å². The summed E-state index contributed by atoms with van der Waals surface area (Å²) in [6.45, 7) is 0. The third kappa shape index (κ3) is 3.45. The van der Waals surface area contributed by atoms with Gasteiger partial charge in [0.25, 0.3) is 5.91 Å². The first-order valence-electron chi connectivity index (χ1n) is 5.55. The Labute approximate surface area is 105 Å². The Balaban J connectivity index is 1.82. The molecule has 0 spiro atoms. The van der Waals surface area contributed by atoms with E-state index in [-0.39, 0.29) is 5.91 Å². The molecule has 2 N–H and O–H groups in total. The molecule has 2 rings (SSSR count). The molecule has 0 aliphatic heterocycles. The lowest BCUT2D eigenvalue weighted by Crippen LogP contribution is -2.17. The number of H-pyrrole nitrogens is 1. The molecule has 0 atom stereocenters. The van der Waals surface area contributed by atoms with Gasteiger partial charge in [-0.05, 0) is 23.8 Å². The van der Waals surface area contributed by atoms with Gasteiger partial charge in [0.15, 0.2) is 0 Å². The highest BCUT2D eigenvalue weighted by molar-refractivity contribution is 5.92. The van der Waals surface area contributed by atoms with Crippen molar-refractivity contribution in [3.8, 4) is 0 Å². The van der Waals surface area contributed by atoms with Gasteiger partial charge in [-0.25, -0.2) is 5.43 Å². The number of hydrazone groups is 1. The molecule has 0 saturated heterocycles. The molecule has 1 amide bonds. The predicted octanol–water partition coefficient (Wildman–Crippen LogP) is 2.44. The molecule has 1 aromatic heterocycles. The number of hydrogen-bond acceptors (Lipinski definition) is 2. The number of aromatic nitrogens is 1. The minimum Gasteiger partial charge on any atom is -0.357 e. The number of carbonyl (C=O) groups is 1. The van der Waals surface area contributed by atoms with Crippen molar-refractivity contribution in [3.63, 3.8) is 0 Å². The van der Waals surface area contributed by atoms with E-state index >= 15 is 0 Å². The molecular formula is C14H13N3O. The van der Waals surface area contributed by atoms with E-state index in [9.17, 15) is 4.79 Å². The first kappa shape index (κ1) is 11.9. The smallest absolute Gasteiger partial charge is 0.287 e. The quantitative estimate of drug-likeness (QED) is 0.625. The van der Waals surface area contributed by atoms with E-state index in [4.69, 9.17) is 0 Å². The summed E-state index contributed by atoms with van der Waals surface area (Å²) >= 11 is 0. The number of hydrogen-bond donors (Lipinski definition) is 2. The van der Waals surface area contributed by atoms with Crippen molar-refractivity contribution in [1.82, 2.24) is 10.4 Å². The predicted molar refractivity (Wildman–Crippen MR) is 72.2 cm³/mol. The van der Waals surface area contributed by atoms with E-state index in [2.05, 4.69) is 15.5 Å². The standard InChI is InChI=1S/C14H13N3O/c18-14(13-9-5-10-15-13)17-16-11-4-8-12-6-2-1-3-7-12/h1-11,15H,(H,17,18)/b8-4+,16-11-. The van der Waals surface area contributed by atoms with Crippen LogP contribution in [0.3, 0.4) is 0 Å². The molecule has 1 heterocycles. The van der Waals surface area contributed by atoms with Crippen LogP contribution < -0.4 is 5.43 Å². The summed E-state index contributed by atoms with van der Waals surface area (Å²) in [5, 5.41) is 3.81. The molecule has 1 aromatic carbocycles. The van der Waals surface area contributed by atoms with Crippen LogP contribution >= 0.6 is 0 Å². The third-order valence-corrected chi connectivity index (χ3v) is 2.26. The lowest BCUT2D eigenvalue weighted by atomic mass is 10.2. The van der Waals surface area contributed by atoms with E-state index in [0.29, 0.717) is 5.69 Å². The van der Waals surface area contributed by atoms with Gasteiger partial charge < -0.3 is 4.98 Å². The van der Waals surface area contributed by atoms with Crippen molar-refractivity contribution in [3.05, 3.63) is 66.0 Å². The van der Waals surface area contributed by atoms with Crippen LogP contribution in [0.25, 0.3) is 6.08 Å². The summed E-state index contributed by atoms with van der Waals surface area (Å²) in [5.41, 5.74) is 3.99. The van der Waals surface area contributed by atoms with Gasteiger partial charge in [0, 0.05) is 12.4 Å². The Kier molecular flexibility index (Phi) is 4.08. The highest BCUT2D eigenvalue weighted by Crippen LogP contribution is 1.99. The molecule has 0 aliphatic rings. The number of benzene rings is 1. The number of amides is 1. The summed E-state index contributed by atoms with van der Waals surface area (Å²) in [6, 6.07) is 13.3. The number of nitrogens with one attached hydrogen (secondary N) is 2. The van der Waals surface area contributed by atoms with Crippen LogP contribution in [0.1, 0.15) is 16.1 Å². The Morgan fingerprint density at radius 3 is 2.72 bits per heavy atom. The number of rotatable bonds is 4. The molecule has 18 heavy (non-hydrogen) atoms. The van der Waals surface area contributed by atoms with Crippen molar-refractivity contribution >= 4 is 18.2 Å². The molecule has 90 valence electrons. The zero-order valence-corrected chi connectivity index (χ0v) is 9.71. The van der Waals surface area contributed by atoms with Crippen LogP contribution in [0.5, 0.6) is 0 Å². The molecule has 0 radical (unpaired) electrons. The van der Waals surface area contributed by atoms with Gasteiger partial charge in [0.05, 0.1) is 0 Å². The third-order valence-electron chi connectivity index (χ3n) is 2.26. The molecule has 0 aliphatic carbocycles. The van der Waals surface area contributed by atoms with Crippen LogP contribution in [-0.2, 0) is 0 Å². The molecule has 0 fully saturated rings. The monoisotopic (exact) mass is 239 g/mol. The highest BCUT2D eigenvalue weighted by atomic mass is 16.2. The first-order valence-corrected chi connectivity index (χ1v) is 5.55. The summed E-state index contributed by atoms with van der Waals surface area (Å²) < 4.78 is 0. The largest absolute Gasteiger partial charge is 0.357 e. The van der Waals surface area contributed by atoms with Crippen LogP contribution in [-0.4, -0.2) is 17.1 Å². The topological polar surface area (TPSA) is 57.2 Å². The maximum Gasteiger partial charge on any atom is 0.287 e. The minimum atomic E-state index is -0.260. The van der Waals surface area contributed by atoms with Gasteiger partial charge in [-0.15, -0.1) is 0 Å². The Morgan fingerprint density at radius 2 is 2.00 bits per heavy atom. The fourth-order valence-corrected chi connectivity index (χ4v) is 1.39. The van der Waals surface area contributed by atoms with Gasteiger partial charge in [-0.2, -0.15) is 5.10 Å². The van der Waals surface area contributed by atoms with E-state index in [1.54, 1.807) is 24.4 Å². The van der Waals surface area contributed by atoms with Crippen molar-refractivity contribution in [2.75, 3.05) is 0 Å². The molecular weight excluding hydrogens is 226 g/mol. The second kappa shape index (κ2) is 6.20. The number of aromatic amines is 1. The van der Waals surface area contributed by atoms with Gasteiger partial charge in [-0.3, -0.25) is 4.79 Å². The van der Waals surface area contributed by atoms with Crippen molar-refractivity contribution in [2.45, 2.75) is 0 Å². The normalized spacial score (nSPS) is 11.1. The average Bonchev–Trinajstić information content (AvgIpc) is 2.93. The SMILES string of the molecule is O=C(N/N=C\C=C\c1ccccc1)c1ccc[nH]1. The van der Waals surface area contributed by atoms with Gasteiger partial charge in [0.2, 0.25) is 0 Å². The maximum absolute atomic E-state index is 11.5. The number of nitrogens with zero attached hydrogens (tertiary/aromatic N) is 1. The zero-order valence-electron chi connectivity index (χ0n) is 9.71. The average molecular weight is 239 g/mol. The molecule has 0 saturated carbocycles. The molecule has 4 heteroatoms. The van der Waals surface area contributed by atoms with Crippen molar-refractivity contribution < 1.29 is 4.79 Å². The molecule has 0 bridgehead atoms. The molecule has 2 aromatic rings. The number of allylic oxidation sites excluding steroid dienone is 1.